The summed E-state index contributed by atoms with van der Waals surface area (Å²) in [4.78, 5) is 0. The molecule has 0 radical (unpaired) electrons. The molecule has 0 bridgehead atoms. The molecule has 0 saturated carbocycles. The average Bonchev–Trinajstić information content (AvgIpc) is 2.77. The molecule has 169 valence electrons. The van der Waals surface area contributed by atoms with Crippen LogP contribution in [0.5, 0.6) is 0 Å². The van der Waals surface area contributed by atoms with Crippen LogP contribution in [0.4, 0.5) is 0 Å². The van der Waals surface area contributed by atoms with Crippen molar-refractivity contribution in [1.82, 2.24) is 0 Å². The van der Waals surface area contributed by atoms with Gasteiger partial charge in [0.1, 0.15) is 0 Å². The van der Waals surface area contributed by atoms with Gasteiger partial charge in [0, 0.05) is 12.1 Å². The van der Waals surface area contributed by atoms with E-state index >= 15 is 0 Å². The summed E-state index contributed by atoms with van der Waals surface area (Å²) in [6.07, 6.45) is 4.00. The van der Waals surface area contributed by atoms with Crippen molar-refractivity contribution in [3.63, 3.8) is 0 Å². The van der Waals surface area contributed by atoms with Gasteiger partial charge in [0.25, 0.3) is 0 Å². The van der Waals surface area contributed by atoms with Crippen LogP contribution < -0.4 is 11.5 Å². The van der Waals surface area contributed by atoms with Gasteiger partial charge in [-0.1, -0.05) is 64.1 Å². The van der Waals surface area contributed by atoms with Gasteiger partial charge in [-0.25, -0.2) is 0 Å². The molecular formula is C24H36Cl2FeN3. The summed E-state index contributed by atoms with van der Waals surface area (Å²) in [5.41, 5.74) is 21.0. The Morgan fingerprint density at radius 3 is 1.20 bits per heavy atom. The van der Waals surface area contributed by atoms with E-state index in [1.807, 2.05) is 0 Å². The van der Waals surface area contributed by atoms with E-state index in [-0.39, 0.29) is 25.2 Å². The van der Waals surface area contributed by atoms with Gasteiger partial charge in [-0.05, 0) is 59.1 Å². The van der Waals surface area contributed by atoms with Gasteiger partial charge < -0.3 is 16.8 Å². The van der Waals surface area contributed by atoms with Gasteiger partial charge >= 0.3 is 33.3 Å². The Labute approximate surface area is 197 Å². The molecule has 0 amide bonds. The number of hydrogen-bond donors (Lipinski definition) is 2. The van der Waals surface area contributed by atoms with Crippen LogP contribution in [-0.2, 0) is 38.8 Å². The molecule has 0 heterocycles. The molecule has 3 nitrogen and oxygen atoms in total. The molecule has 0 spiro atoms. The molecule has 2 atom stereocenters. The first-order valence-corrected chi connectivity index (χ1v) is 13.7. The van der Waals surface area contributed by atoms with E-state index in [9.17, 15) is 0 Å². The van der Waals surface area contributed by atoms with Crippen molar-refractivity contribution in [2.24, 2.45) is 11.5 Å². The van der Waals surface area contributed by atoms with Gasteiger partial charge in [-0.3, -0.25) is 0 Å². The molecule has 0 aliphatic rings. The number of aryl methyl sites for hydroxylation is 4. The van der Waals surface area contributed by atoms with Gasteiger partial charge in [0.05, 0.1) is 0 Å². The van der Waals surface area contributed by atoms with Crippen molar-refractivity contribution < 1.29 is 13.1 Å². The summed E-state index contributed by atoms with van der Waals surface area (Å²) in [6, 6.07) is 12.9. The van der Waals surface area contributed by atoms with Crippen LogP contribution in [0.2, 0.25) is 0 Å². The van der Waals surface area contributed by atoms with Gasteiger partial charge in [-0.15, -0.1) is 13.1 Å². The fourth-order valence-electron chi connectivity index (χ4n) is 4.05. The number of benzene rings is 2. The standard InChI is InChI=1S/C24H36N3.2ClH.Fe/c1-5-17-11-9-12-18(6-2)23(17)21(25)15-27-16-22(26)24-19(7-3)13-10-14-20(24)8-4;;;/h9-14,21-22H,5-8,15-16,25-26H2,1-4H3;2*1H;/q-1;;;+3/p-2. The van der Waals surface area contributed by atoms with Crippen molar-refractivity contribution in [3.05, 3.63) is 75.1 Å². The Hall–Kier alpha value is -0.581. The molecule has 0 aliphatic carbocycles. The first-order valence-electron chi connectivity index (χ1n) is 10.7. The quantitative estimate of drug-likeness (QED) is 0.377. The number of nitrogens with two attached hydrogens (primary N) is 2. The summed E-state index contributed by atoms with van der Waals surface area (Å²) in [5, 5.41) is 4.78. The maximum atomic E-state index is 6.55. The summed E-state index contributed by atoms with van der Waals surface area (Å²) in [7, 11) is 9.53. The fraction of sp³-hybridized carbons (Fsp3) is 0.500. The predicted octanol–water partition coefficient (Wildman–Crippen LogP) is 6.39. The molecule has 0 aliphatic heterocycles. The van der Waals surface area contributed by atoms with Crippen LogP contribution in [-0.4, -0.2) is 13.1 Å². The summed E-state index contributed by atoms with van der Waals surface area (Å²) < 4.78 is 0. The molecule has 0 aromatic heterocycles. The molecule has 2 aromatic rings. The van der Waals surface area contributed by atoms with E-state index in [0.717, 1.165) is 25.7 Å². The summed E-state index contributed by atoms with van der Waals surface area (Å²) in [6.45, 7) is 9.98. The first-order chi connectivity index (χ1) is 14.5. The first kappa shape index (κ1) is 27.5. The van der Waals surface area contributed by atoms with E-state index in [4.69, 9.17) is 37.0 Å². The second-order valence-electron chi connectivity index (χ2n) is 7.25. The van der Waals surface area contributed by atoms with Crippen molar-refractivity contribution in [2.75, 3.05) is 13.1 Å². The number of rotatable bonds is 10. The zero-order valence-corrected chi connectivity index (χ0v) is 21.2. The Kier molecular flexibility index (Phi) is 14.0. The maximum absolute atomic E-state index is 6.55. The van der Waals surface area contributed by atoms with Crippen LogP contribution in [0.15, 0.2) is 36.4 Å². The Morgan fingerprint density at radius 2 is 0.967 bits per heavy atom. The van der Waals surface area contributed by atoms with E-state index in [0.29, 0.717) is 13.1 Å². The second-order valence-corrected chi connectivity index (χ2v) is 9.07. The van der Waals surface area contributed by atoms with E-state index in [2.05, 4.69) is 64.1 Å². The Balaban J connectivity index is 0.00000141. The Morgan fingerprint density at radius 1 is 0.700 bits per heavy atom. The predicted molar refractivity (Wildman–Crippen MR) is 129 cm³/mol. The van der Waals surface area contributed by atoms with Crippen molar-refractivity contribution in [3.8, 4) is 0 Å². The molecule has 2 unspecified atom stereocenters. The van der Waals surface area contributed by atoms with Crippen LogP contribution >= 0.6 is 20.2 Å². The number of nitrogens with zero attached hydrogens (tertiary/aromatic N) is 1. The van der Waals surface area contributed by atoms with E-state index in [1.54, 1.807) is 0 Å². The van der Waals surface area contributed by atoms with Crippen LogP contribution in [0.3, 0.4) is 0 Å². The van der Waals surface area contributed by atoms with Crippen LogP contribution in [0.25, 0.3) is 5.32 Å². The summed E-state index contributed by atoms with van der Waals surface area (Å²) in [5.74, 6) is 0. The number of hydrogen-bond acceptors (Lipinski definition) is 2. The molecule has 2 aromatic carbocycles. The second kappa shape index (κ2) is 15.3. The van der Waals surface area contributed by atoms with Crippen molar-refractivity contribution in [1.29, 1.82) is 0 Å². The zero-order chi connectivity index (χ0) is 22.5. The normalized spacial score (nSPS) is 12.8. The topological polar surface area (TPSA) is 66.1 Å². The Bertz CT molecular complexity index is 649. The van der Waals surface area contributed by atoms with Crippen molar-refractivity contribution >= 4 is 20.2 Å². The molecule has 6 heteroatoms. The van der Waals surface area contributed by atoms with Crippen LogP contribution in [0, 0.1) is 0 Å². The van der Waals surface area contributed by atoms with Gasteiger partial charge in [0.2, 0.25) is 0 Å². The third kappa shape index (κ3) is 7.84. The molecule has 2 rings (SSSR count). The number of halogens is 2. The van der Waals surface area contributed by atoms with Gasteiger partial charge in [0.15, 0.2) is 0 Å². The summed E-state index contributed by atoms with van der Waals surface area (Å²) >= 11 is 0.194. The van der Waals surface area contributed by atoms with Crippen molar-refractivity contribution in [2.45, 2.75) is 65.5 Å². The average molecular weight is 493 g/mol. The molecule has 0 fully saturated rings. The minimum atomic E-state index is -0.0598. The van der Waals surface area contributed by atoms with Crippen LogP contribution in [0.1, 0.15) is 73.2 Å². The van der Waals surface area contributed by atoms with Gasteiger partial charge in [-0.2, -0.15) is 0 Å². The minimum absolute atomic E-state index is 0.0598. The van der Waals surface area contributed by atoms with E-state index in [1.165, 1.54) is 33.4 Å². The van der Waals surface area contributed by atoms with E-state index < -0.39 is 0 Å². The fourth-order valence-corrected chi connectivity index (χ4v) is 4.05. The third-order valence-electron chi connectivity index (χ3n) is 5.49. The SMILES string of the molecule is CCc1cccc(CC)c1C(N)C[N-]CC(N)c1c(CC)cccc1CC.[Cl][Fe+][Cl]. The molecule has 0 saturated heterocycles. The zero-order valence-electron chi connectivity index (χ0n) is 18.6. The molecule has 4 N–H and O–H groups in total. The molecular weight excluding hydrogens is 457 g/mol. The molecule has 30 heavy (non-hydrogen) atoms. The third-order valence-corrected chi connectivity index (χ3v) is 5.49. The monoisotopic (exact) mass is 492 g/mol.